The predicted octanol–water partition coefficient (Wildman–Crippen LogP) is 2.58. The van der Waals surface area contributed by atoms with Crippen LogP contribution in [-0.2, 0) is 0 Å². The molecular weight excluding hydrogens is 219 g/mol. The standard InChI is InChI=1S/C12H19FN4/c13-10-8-16-12(14)17-11(10)15-7-3-6-9-4-1-2-5-9/h8-9H,1-7H2,(H3,14,15,16,17). The van der Waals surface area contributed by atoms with Crippen LogP contribution in [0.5, 0.6) is 0 Å². The number of nitrogens with two attached hydrogens (primary N) is 1. The summed E-state index contributed by atoms with van der Waals surface area (Å²) in [4.78, 5) is 7.40. The first kappa shape index (κ1) is 12.1. The lowest BCUT2D eigenvalue weighted by atomic mass is 10.0. The van der Waals surface area contributed by atoms with E-state index in [1.54, 1.807) is 0 Å². The van der Waals surface area contributed by atoms with Crippen molar-refractivity contribution in [3.05, 3.63) is 12.0 Å². The number of hydrogen-bond donors (Lipinski definition) is 2. The Balaban J connectivity index is 1.72. The highest BCUT2D eigenvalue weighted by Gasteiger charge is 2.14. The fraction of sp³-hybridized carbons (Fsp3) is 0.667. The Kier molecular flexibility index (Phi) is 4.12. The molecule has 1 heterocycles. The van der Waals surface area contributed by atoms with Crippen LogP contribution < -0.4 is 11.1 Å². The maximum absolute atomic E-state index is 13.3. The summed E-state index contributed by atoms with van der Waals surface area (Å²) < 4.78 is 13.3. The zero-order valence-corrected chi connectivity index (χ0v) is 9.95. The maximum atomic E-state index is 13.3. The molecule has 3 N–H and O–H groups in total. The van der Waals surface area contributed by atoms with Crippen LogP contribution in [-0.4, -0.2) is 16.5 Å². The van der Waals surface area contributed by atoms with Gasteiger partial charge in [0.15, 0.2) is 11.6 Å². The van der Waals surface area contributed by atoms with Gasteiger partial charge in [0.25, 0.3) is 0 Å². The van der Waals surface area contributed by atoms with Gasteiger partial charge in [-0.1, -0.05) is 25.7 Å². The van der Waals surface area contributed by atoms with Gasteiger partial charge in [0.2, 0.25) is 5.95 Å². The van der Waals surface area contributed by atoms with E-state index in [-0.39, 0.29) is 11.8 Å². The molecule has 1 aromatic heterocycles. The summed E-state index contributed by atoms with van der Waals surface area (Å²) in [5.41, 5.74) is 5.40. The number of hydrogen-bond acceptors (Lipinski definition) is 4. The molecule has 0 unspecified atom stereocenters. The first-order valence-electron chi connectivity index (χ1n) is 6.27. The van der Waals surface area contributed by atoms with Gasteiger partial charge in [-0.25, -0.2) is 9.37 Å². The number of anilines is 2. The Morgan fingerprint density at radius 1 is 1.41 bits per heavy atom. The van der Waals surface area contributed by atoms with Gasteiger partial charge in [-0.05, 0) is 18.8 Å². The number of nitrogen functional groups attached to an aromatic ring is 1. The van der Waals surface area contributed by atoms with Crippen molar-refractivity contribution in [1.29, 1.82) is 0 Å². The maximum Gasteiger partial charge on any atom is 0.222 e. The smallest absolute Gasteiger partial charge is 0.222 e. The second kappa shape index (κ2) is 5.80. The van der Waals surface area contributed by atoms with E-state index in [1.807, 2.05) is 0 Å². The summed E-state index contributed by atoms with van der Waals surface area (Å²) >= 11 is 0. The molecule has 0 atom stereocenters. The summed E-state index contributed by atoms with van der Waals surface area (Å²) in [7, 11) is 0. The van der Waals surface area contributed by atoms with Gasteiger partial charge in [0, 0.05) is 6.54 Å². The molecule has 0 aromatic carbocycles. The third kappa shape index (κ3) is 3.54. The van der Waals surface area contributed by atoms with Gasteiger partial charge in [0.05, 0.1) is 6.20 Å². The minimum Gasteiger partial charge on any atom is -0.368 e. The molecule has 0 amide bonds. The van der Waals surface area contributed by atoms with Gasteiger partial charge in [-0.2, -0.15) is 4.98 Å². The summed E-state index contributed by atoms with van der Waals surface area (Å²) in [6.07, 6.45) is 8.82. The number of halogens is 1. The Bertz CT molecular complexity index is 364. The second-order valence-corrected chi connectivity index (χ2v) is 4.64. The normalized spacial score (nSPS) is 16.3. The summed E-state index contributed by atoms with van der Waals surface area (Å²) in [6, 6.07) is 0. The van der Waals surface area contributed by atoms with Crippen molar-refractivity contribution in [3.63, 3.8) is 0 Å². The van der Waals surface area contributed by atoms with Gasteiger partial charge < -0.3 is 11.1 Å². The van der Waals surface area contributed by atoms with E-state index in [0.717, 1.165) is 25.1 Å². The summed E-state index contributed by atoms with van der Waals surface area (Å²) in [6.45, 7) is 0.740. The zero-order valence-electron chi connectivity index (χ0n) is 9.95. The van der Waals surface area contributed by atoms with Gasteiger partial charge in [0.1, 0.15) is 0 Å². The lowest BCUT2D eigenvalue weighted by Crippen LogP contribution is -2.09. The van der Waals surface area contributed by atoms with Crippen molar-refractivity contribution < 1.29 is 4.39 Å². The average molecular weight is 238 g/mol. The van der Waals surface area contributed by atoms with E-state index < -0.39 is 5.82 Å². The van der Waals surface area contributed by atoms with E-state index in [2.05, 4.69) is 15.3 Å². The van der Waals surface area contributed by atoms with Crippen LogP contribution in [0.25, 0.3) is 0 Å². The van der Waals surface area contributed by atoms with E-state index in [4.69, 9.17) is 5.73 Å². The lowest BCUT2D eigenvalue weighted by Gasteiger charge is -2.10. The molecule has 0 saturated heterocycles. The topological polar surface area (TPSA) is 63.8 Å². The van der Waals surface area contributed by atoms with E-state index >= 15 is 0 Å². The van der Waals surface area contributed by atoms with Gasteiger partial charge >= 0.3 is 0 Å². The highest BCUT2D eigenvalue weighted by molar-refractivity contribution is 5.38. The Labute approximate surface area is 101 Å². The van der Waals surface area contributed by atoms with E-state index in [9.17, 15) is 4.39 Å². The van der Waals surface area contributed by atoms with Crippen LogP contribution >= 0.6 is 0 Å². The lowest BCUT2D eigenvalue weighted by molar-refractivity contribution is 0.490. The molecule has 0 radical (unpaired) electrons. The van der Waals surface area contributed by atoms with Crippen LogP contribution in [0.3, 0.4) is 0 Å². The quantitative estimate of drug-likeness (QED) is 0.774. The van der Waals surface area contributed by atoms with Crippen LogP contribution in [0, 0.1) is 11.7 Å². The molecule has 1 saturated carbocycles. The second-order valence-electron chi connectivity index (χ2n) is 4.64. The number of aromatic nitrogens is 2. The third-order valence-electron chi connectivity index (χ3n) is 3.32. The fourth-order valence-electron chi connectivity index (χ4n) is 2.40. The SMILES string of the molecule is Nc1ncc(F)c(NCCCC2CCCC2)n1. The van der Waals surface area contributed by atoms with Crippen LogP contribution in [0.15, 0.2) is 6.20 Å². The third-order valence-corrected chi connectivity index (χ3v) is 3.32. The molecule has 5 heteroatoms. The molecule has 1 fully saturated rings. The van der Waals surface area contributed by atoms with E-state index in [0.29, 0.717) is 0 Å². The van der Waals surface area contributed by atoms with Crippen LogP contribution in [0.2, 0.25) is 0 Å². The molecule has 1 aliphatic rings. The zero-order chi connectivity index (χ0) is 12.1. The van der Waals surface area contributed by atoms with Gasteiger partial charge in [-0.15, -0.1) is 0 Å². The molecule has 2 rings (SSSR count). The largest absolute Gasteiger partial charge is 0.368 e. The number of rotatable bonds is 5. The Morgan fingerprint density at radius 2 is 2.18 bits per heavy atom. The molecule has 0 spiro atoms. The Morgan fingerprint density at radius 3 is 2.94 bits per heavy atom. The average Bonchev–Trinajstić information content (AvgIpc) is 2.82. The van der Waals surface area contributed by atoms with Crippen LogP contribution in [0.1, 0.15) is 38.5 Å². The van der Waals surface area contributed by atoms with Crippen molar-refractivity contribution in [2.75, 3.05) is 17.6 Å². The molecule has 0 bridgehead atoms. The predicted molar refractivity (Wildman–Crippen MR) is 66.1 cm³/mol. The fourth-order valence-corrected chi connectivity index (χ4v) is 2.40. The van der Waals surface area contributed by atoms with E-state index in [1.165, 1.54) is 32.1 Å². The first-order chi connectivity index (χ1) is 8.25. The summed E-state index contributed by atoms with van der Waals surface area (Å²) in [5, 5.41) is 2.97. The van der Waals surface area contributed by atoms with Crippen molar-refractivity contribution in [2.24, 2.45) is 5.92 Å². The first-order valence-corrected chi connectivity index (χ1v) is 6.27. The van der Waals surface area contributed by atoms with Crippen molar-refractivity contribution in [3.8, 4) is 0 Å². The van der Waals surface area contributed by atoms with Crippen molar-refractivity contribution >= 4 is 11.8 Å². The summed E-state index contributed by atoms with van der Waals surface area (Å²) in [5.74, 6) is 0.741. The Hall–Kier alpha value is -1.39. The molecule has 0 aliphatic heterocycles. The number of nitrogens with one attached hydrogen (secondary N) is 1. The molecule has 94 valence electrons. The highest BCUT2D eigenvalue weighted by Crippen LogP contribution is 2.28. The molecular formula is C12H19FN4. The van der Waals surface area contributed by atoms with Crippen molar-refractivity contribution in [2.45, 2.75) is 38.5 Å². The van der Waals surface area contributed by atoms with Crippen LogP contribution in [0.4, 0.5) is 16.2 Å². The minimum atomic E-state index is -0.444. The number of nitrogens with zero attached hydrogens (tertiary/aromatic N) is 2. The molecule has 17 heavy (non-hydrogen) atoms. The monoisotopic (exact) mass is 238 g/mol. The highest BCUT2D eigenvalue weighted by atomic mass is 19.1. The minimum absolute atomic E-state index is 0.102. The molecule has 1 aliphatic carbocycles. The molecule has 4 nitrogen and oxygen atoms in total. The van der Waals surface area contributed by atoms with Gasteiger partial charge in [-0.3, -0.25) is 0 Å². The van der Waals surface area contributed by atoms with Crippen molar-refractivity contribution in [1.82, 2.24) is 9.97 Å². The molecule has 1 aromatic rings.